The van der Waals surface area contributed by atoms with Crippen LogP contribution in [0.15, 0.2) is 72.9 Å². The fourth-order valence-electron chi connectivity index (χ4n) is 4.04. The first-order chi connectivity index (χ1) is 17.1. The first-order valence-electron chi connectivity index (χ1n) is 12.1. The molecule has 3 aromatic rings. The van der Waals surface area contributed by atoms with Gasteiger partial charge in [-0.05, 0) is 48.9 Å². The maximum absolute atomic E-state index is 12.7. The van der Waals surface area contributed by atoms with Crippen molar-refractivity contribution >= 4 is 17.8 Å². The van der Waals surface area contributed by atoms with Crippen molar-refractivity contribution < 1.29 is 14.3 Å². The van der Waals surface area contributed by atoms with Crippen LogP contribution in [0.5, 0.6) is 0 Å². The number of hydrogen-bond acceptors (Lipinski definition) is 5. The van der Waals surface area contributed by atoms with Crippen LogP contribution in [0.25, 0.3) is 0 Å². The van der Waals surface area contributed by atoms with Gasteiger partial charge in [-0.1, -0.05) is 60.2 Å². The van der Waals surface area contributed by atoms with E-state index in [1.165, 1.54) is 5.56 Å². The van der Waals surface area contributed by atoms with Gasteiger partial charge in [-0.15, -0.1) is 0 Å². The molecule has 7 heteroatoms. The molecule has 182 valence electrons. The molecule has 0 radical (unpaired) electrons. The van der Waals surface area contributed by atoms with Gasteiger partial charge < -0.3 is 20.3 Å². The largest absolute Gasteiger partial charge is 0.445 e. The van der Waals surface area contributed by atoms with E-state index in [0.717, 1.165) is 24.0 Å². The first-order valence-corrected chi connectivity index (χ1v) is 12.1. The number of hydrogen-bond donors (Lipinski definition) is 2. The van der Waals surface area contributed by atoms with Crippen LogP contribution in [-0.4, -0.2) is 41.5 Å². The molecular weight excluding hydrogens is 440 g/mol. The number of aryl methyl sites for hydroxylation is 1. The van der Waals surface area contributed by atoms with E-state index in [0.29, 0.717) is 43.5 Å². The average Bonchev–Trinajstić information content (AvgIpc) is 2.91. The molecule has 1 saturated heterocycles. The molecule has 1 aromatic heterocycles. The molecule has 1 aliphatic heterocycles. The Morgan fingerprint density at radius 1 is 1.00 bits per heavy atom. The van der Waals surface area contributed by atoms with Crippen LogP contribution < -0.4 is 10.6 Å². The summed E-state index contributed by atoms with van der Waals surface area (Å²) >= 11 is 0. The summed E-state index contributed by atoms with van der Waals surface area (Å²) in [6.45, 7) is 4.81. The van der Waals surface area contributed by atoms with Crippen molar-refractivity contribution in [3.8, 4) is 0 Å². The Kier molecular flexibility index (Phi) is 8.33. The second-order valence-electron chi connectivity index (χ2n) is 8.95. The highest BCUT2D eigenvalue weighted by molar-refractivity contribution is 5.94. The number of likely N-dealkylation sites (tertiary alicyclic amines) is 1. The number of piperidine rings is 1. The predicted molar refractivity (Wildman–Crippen MR) is 136 cm³/mol. The Hall–Kier alpha value is -3.87. The van der Waals surface area contributed by atoms with E-state index in [9.17, 15) is 9.59 Å². The van der Waals surface area contributed by atoms with Crippen molar-refractivity contribution in [3.05, 3.63) is 95.2 Å². The van der Waals surface area contributed by atoms with E-state index >= 15 is 0 Å². The second-order valence-corrected chi connectivity index (χ2v) is 8.95. The van der Waals surface area contributed by atoms with Crippen LogP contribution in [0.4, 0.5) is 10.6 Å². The van der Waals surface area contributed by atoms with Crippen molar-refractivity contribution in [2.75, 3.05) is 25.0 Å². The number of anilines is 1. The normalized spacial score (nSPS) is 13.8. The summed E-state index contributed by atoms with van der Waals surface area (Å²) in [5, 5.41) is 6.30. The third kappa shape index (κ3) is 7.30. The maximum Gasteiger partial charge on any atom is 0.410 e. The van der Waals surface area contributed by atoms with Gasteiger partial charge in [0.1, 0.15) is 12.4 Å². The highest BCUT2D eigenvalue weighted by Gasteiger charge is 2.24. The highest BCUT2D eigenvalue weighted by atomic mass is 16.6. The van der Waals surface area contributed by atoms with Crippen LogP contribution in [0.1, 0.15) is 39.9 Å². The molecule has 1 aliphatic rings. The maximum atomic E-state index is 12.7. The summed E-state index contributed by atoms with van der Waals surface area (Å²) in [5.74, 6) is 0.881. The van der Waals surface area contributed by atoms with Crippen molar-refractivity contribution in [1.29, 1.82) is 0 Å². The van der Waals surface area contributed by atoms with Crippen LogP contribution >= 0.6 is 0 Å². The first kappa shape index (κ1) is 24.3. The number of carbonyl (C=O) groups excluding carboxylic acids is 2. The van der Waals surface area contributed by atoms with Gasteiger partial charge in [0.15, 0.2) is 0 Å². The zero-order valence-electron chi connectivity index (χ0n) is 20.1. The zero-order chi connectivity index (χ0) is 24.5. The average molecular weight is 473 g/mol. The van der Waals surface area contributed by atoms with Crippen molar-refractivity contribution in [2.24, 2.45) is 5.92 Å². The van der Waals surface area contributed by atoms with E-state index in [4.69, 9.17) is 4.74 Å². The van der Waals surface area contributed by atoms with E-state index < -0.39 is 0 Å². The molecule has 0 saturated carbocycles. The molecule has 0 atom stereocenters. The Bertz CT molecular complexity index is 1110. The SMILES string of the molecule is Cc1ccc(COC(=O)N2CCC(CNC(=O)c3ccnc(NCc4ccccc4)c3)CC2)cc1. The van der Waals surface area contributed by atoms with E-state index in [-0.39, 0.29) is 18.6 Å². The molecular formula is C28H32N4O3. The monoisotopic (exact) mass is 472 g/mol. The third-order valence-electron chi connectivity index (χ3n) is 6.25. The van der Waals surface area contributed by atoms with Gasteiger partial charge in [-0.2, -0.15) is 0 Å². The Morgan fingerprint density at radius 2 is 1.74 bits per heavy atom. The minimum absolute atomic E-state index is 0.116. The number of pyridine rings is 1. The van der Waals surface area contributed by atoms with Gasteiger partial charge in [0.25, 0.3) is 5.91 Å². The van der Waals surface area contributed by atoms with Crippen LogP contribution in [0.3, 0.4) is 0 Å². The van der Waals surface area contributed by atoms with Crippen LogP contribution in [-0.2, 0) is 17.9 Å². The Labute approximate surface area is 206 Å². The zero-order valence-corrected chi connectivity index (χ0v) is 20.1. The van der Waals surface area contributed by atoms with Crippen molar-refractivity contribution in [2.45, 2.75) is 32.9 Å². The van der Waals surface area contributed by atoms with E-state index in [2.05, 4.69) is 15.6 Å². The molecule has 7 nitrogen and oxygen atoms in total. The minimum Gasteiger partial charge on any atom is -0.445 e. The Morgan fingerprint density at radius 3 is 2.49 bits per heavy atom. The molecule has 1 fully saturated rings. The molecule has 0 unspecified atom stereocenters. The molecule has 35 heavy (non-hydrogen) atoms. The molecule has 2 N–H and O–H groups in total. The number of benzene rings is 2. The standard InChI is InChI=1S/C28H32N4O3/c1-21-7-9-24(10-8-21)20-35-28(34)32-15-12-23(13-16-32)19-31-27(33)25-11-14-29-26(17-25)30-18-22-5-3-2-4-6-22/h2-11,14,17,23H,12-13,15-16,18-20H2,1H3,(H,29,30)(H,31,33). The second kappa shape index (κ2) is 12.0. The minimum atomic E-state index is -0.277. The summed E-state index contributed by atoms with van der Waals surface area (Å²) < 4.78 is 5.46. The summed E-state index contributed by atoms with van der Waals surface area (Å²) in [6.07, 6.45) is 3.03. The molecule has 4 rings (SSSR count). The number of carbonyl (C=O) groups is 2. The molecule has 0 aliphatic carbocycles. The number of nitrogens with zero attached hydrogens (tertiary/aromatic N) is 2. The van der Waals surface area contributed by atoms with Gasteiger partial charge in [0.05, 0.1) is 0 Å². The number of rotatable bonds is 8. The number of ether oxygens (including phenoxy) is 1. The predicted octanol–water partition coefficient (Wildman–Crippen LogP) is 4.78. The summed E-state index contributed by atoms with van der Waals surface area (Å²) in [4.78, 5) is 31.1. The van der Waals surface area contributed by atoms with Crippen LogP contribution in [0.2, 0.25) is 0 Å². The topological polar surface area (TPSA) is 83.6 Å². The number of nitrogens with one attached hydrogen (secondary N) is 2. The van der Waals surface area contributed by atoms with E-state index in [1.54, 1.807) is 23.2 Å². The van der Waals surface area contributed by atoms with Gasteiger partial charge in [0, 0.05) is 37.9 Å². The quantitative estimate of drug-likeness (QED) is 0.493. The summed E-state index contributed by atoms with van der Waals surface area (Å²) in [6, 6.07) is 21.5. The highest BCUT2D eigenvalue weighted by Crippen LogP contribution is 2.18. The fraction of sp³-hybridized carbons (Fsp3) is 0.321. The molecule has 2 amide bonds. The lowest BCUT2D eigenvalue weighted by Gasteiger charge is -2.31. The van der Waals surface area contributed by atoms with Gasteiger partial charge in [0.2, 0.25) is 0 Å². The van der Waals surface area contributed by atoms with Gasteiger partial charge >= 0.3 is 6.09 Å². The lowest BCUT2D eigenvalue weighted by atomic mass is 9.97. The third-order valence-corrected chi connectivity index (χ3v) is 6.25. The lowest BCUT2D eigenvalue weighted by molar-refractivity contribution is 0.0801. The van der Waals surface area contributed by atoms with Crippen LogP contribution in [0, 0.1) is 12.8 Å². The summed E-state index contributed by atoms with van der Waals surface area (Å²) in [7, 11) is 0. The molecule has 2 aromatic carbocycles. The van der Waals surface area contributed by atoms with E-state index in [1.807, 2.05) is 61.5 Å². The number of aromatic nitrogens is 1. The van der Waals surface area contributed by atoms with Gasteiger partial charge in [-0.25, -0.2) is 9.78 Å². The molecule has 2 heterocycles. The fourth-order valence-corrected chi connectivity index (χ4v) is 4.04. The number of amides is 2. The lowest BCUT2D eigenvalue weighted by Crippen LogP contribution is -2.41. The molecule has 0 bridgehead atoms. The van der Waals surface area contributed by atoms with Crippen molar-refractivity contribution in [1.82, 2.24) is 15.2 Å². The summed E-state index contributed by atoms with van der Waals surface area (Å²) in [5.41, 5.74) is 3.89. The van der Waals surface area contributed by atoms with Gasteiger partial charge in [-0.3, -0.25) is 4.79 Å². The van der Waals surface area contributed by atoms with Crippen molar-refractivity contribution in [3.63, 3.8) is 0 Å². The Balaban J connectivity index is 1.17. The molecule has 0 spiro atoms. The smallest absolute Gasteiger partial charge is 0.410 e.